The van der Waals surface area contributed by atoms with Crippen molar-refractivity contribution < 1.29 is 29.0 Å². The summed E-state index contributed by atoms with van der Waals surface area (Å²) in [7, 11) is 0. The number of aliphatic carboxylic acids is 1. The second kappa shape index (κ2) is 10.8. The van der Waals surface area contributed by atoms with Crippen molar-refractivity contribution in [2.45, 2.75) is 89.1 Å². The van der Waals surface area contributed by atoms with Crippen LogP contribution in [0.15, 0.2) is 4.99 Å². The number of rotatable bonds is 9. The summed E-state index contributed by atoms with van der Waals surface area (Å²) in [5, 5.41) is 12.0. The molecule has 2 fully saturated rings. The number of fused-ring (bicyclic) bond motifs is 1. The minimum atomic E-state index is -0.987. The second-order valence-corrected chi connectivity index (χ2v) is 9.65. The summed E-state index contributed by atoms with van der Waals surface area (Å²) in [5.41, 5.74) is 15.7. The van der Waals surface area contributed by atoms with Gasteiger partial charge in [-0.1, -0.05) is 0 Å². The topological polar surface area (TPSA) is 203 Å². The summed E-state index contributed by atoms with van der Waals surface area (Å²) < 4.78 is 5.48. The number of esters is 1. The first-order valence-electron chi connectivity index (χ1n) is 11.2. The van der Waals surface area contributed by atoms with Crippen molar-refractivity contribution in [2.75, 3.05) is 6.54 Å². The van der Waals surface area contributed by atoms with E-state index in [2.05, 4.69) is 10.3 Å². The minimum absolute atomic E-state index is 0.0401. The number of hydrogen-bond acceptors (Lipinski definition) is 7. The number of amides is 2. The average molecular weight is 469 g/mol. The van der Waals surface area contributed by atoms with Crippen LogP contribution < -0.4 is 22.5 Å². The lowest BCUT2D eigenvalue weighted by atomic mass is 9.89. The predicted molar refractivity (Wildman–Crippen MR) is 120 cm³/mol. The molecule has 0 aromatic carbocycles. The van der Waals surface area contributed by atoms with Crippen molar-refractivity contribution in [3.05, 3.63) is 0 Å². The summed E-state index contributed by atoms with van der Waals surface area (Å²) in [6, 6.07) is -2.97. The number of carbonyl (C=O) groups is 4. The number of piperidine rings is 1. The zero-order valence-electron chi connectivity index (χ0n) is 19.5. The van der Waals surface area contributed by atoms with Crippen molar-refractivity contribution in [3.8, 4) is 0 Å². The largest absolute Gasteiger partial charge is 0.481 e. The van der Waals surface area contributed by atoms with Crippen molar-refractivity contribution in [1.29, 1.82) is 0 Å². The van der Waals surface area contributed by atoms with Crippen molar-refractivity contribution in [2.24, 2.45) is 28.1 Å². The van der Waals surface area contributed by atoms with Gasteiger partial charge >= 0.3 is 11.9 Å². The molecule has 33 heavy (non-hydrogen) atoms. The number of carboxylic acids is 1. The van der Waals surface area contributed by atoms with Gasteiger partial charge in [-0.25, -0.2) is 4.79 Å². The molecule has 2 amide bonds. The van der Waals surface area contributed by atoms with Crippen molar-refractivity contribution in [1.82, 2.24) is 10.2 Å². The molecule has 2 aliphatic rings. The van der Waals surface area contributed by atoms with Gasteiger partial charge in [-0.05, 0) is 58.8 Å². The average Bonchev–Trinajstić information content (AvgIpc) is 3.04. The van der Waals surface area contributed by atoms with Crippen LogP contribution in [0.4, 0.5) is 0 Å². The number of guanidine groups is 1. The first-order chi connectivity index (χ1) is 15.3. The van der Waals surface area contributed by atoms with Gasteiger partial charge in [-0.15, -0.1) is 0 Å². The summed E-state index contributed by atoms with van der Waals surface area (Å²) in [6.45, 7) is 5.51. The normalized spacial score (nSPS) is 25.7. The summed E-state index contributed by atoms with van der Waals surface area (Å²) in [6.07, 6.45) is 1.69. The highest BCUT2D eigenvalue weighted by Crippen LogP contribution is 2.39. The first kappa shape index (κ1) is 26.4. The van der Waals surface area contributed by atoms with E-state index >= 15 is 0 Å². The fourth-order valence-corrected chi connectivity index (χ4v) is 4.43. The van der Waals surface area contributed by atoms with Gasteiger partial charge in [0.15, 0.2) is 5.96 Å². The van der Waals surface area contributed by atoms with Crippen LogP contribution in [-0.2, 0) is 23.9 Å². The van der Waals surface area contributed by atoms with Crippen LogP contribution in [0.25, 0.3) is 0 Å². The van der Waals surface area contributed by atoms with Gasteiger partial charge in [0.05, 0.1) is 12.5 Å². The fraction of sp³-hybridized carbons (Fsp3) is 0.762. The highest BCUT2D eigenvalue weighted by atomic mass is 16.6. The van der Waals surface area contributed by atoms with Gasteiger partial charge in [0.1, 0.15) is 17.7 Å². The van der Waals surface area contributed by atoms with E-state index in [1.165, 1.54) is 4.90 Å². The van der Waals surface area contributed by atoms with Crippen LogP contribution >= 0.6 is 0 Å². The number of aliphatic imine (C=N–C) groups is 1. The molecular weight excluding hydrogens is 432 g/mol. The Hall–Kier alpha value is -2.89. The molecule has 2 saturated heterocycles. The number of carbonyl (C=O) groups excluding carboxylic acids is 3. The maximum Gasteiger partial charge on any atom is 0.329 e. The van der Waals surface area contributed by atoms with Gasteiger partial charge in [0.25, 0.3) is 0 Å². The zero-order chi connectivity index (χ0) is 24.9. The van der Waals surface area contributed by atoms with Gasteiger partial charge in [-0.3, -0.25) is 19.4 Å². The predicted octanol–water partition coefficient (Wildman–Crippen LogP) is -0.952. The monoisotopic (exact) mass is 468 g/mol. The highest BCUT2D eigenvalue weighted by Gasteiger charge is 2.52. The molecule has 0 aromatic heterocycles. The molecule has 0 unspecified atom stereocenters. The van der Waals surface area contributed by atoms with E-state index in [1.54, 1.807) is 20.8 Å². The maximum atomic E-state index is 13.3. The number of hydrogen-bond donors (Lipinski definition) is 5. The van der Waals surface area contributed by atoms with Crippen molar-refractivity contribution >= 4 is 29.7 Å². The minimum Gasteiger partial charge on any atom is -0.481 e. The van der Waals surface area contributed by atoms with E-state index < -0.39 is 53.5 Å². The van der Waals surface area contributed by atoms with Gasteiger partial charge < -0.3 is 37.3 Å². The molecule has 5 atom stereocenters. The maximum absolute atomic E-state index is 13.3. The lowest BCUT2D eigenvalue weighted by molar-refractivity contribution is -0.165. The van der Waals surface area contributed by atoms with E-state index in [1.807, 2.05) is 0 Å². The number of carboxylic acid groups (broad SMARTS) is 1. The van der Waals surface area contributed by atoms with Gasteiger partial charge in [-0.2, -0.15) is 0 Å². The molecule has 0 aromatic rings. The number of nitrogens with one attached hydrogen (secondary N) is 1. The van der Waals surface area contributed by atoms with Crippen LogP contribution in [0.2, 0.25) is 0 Å². The number of nitrogens with two attached hydrogens (primary N) is 3. The molecule has 2 rings (SSSR count). The van der Waals surface area contributed by atoms with E-state index in [0.29, 0.717) is 32.2 Å². The molecule has 0 aliphatic carbocycles. The smallest absolute Gasteiger partial charge is 0.329 e. The molecule has 2 heterocycles. The summed E-state index contributed by atoms with van der Waals surface area (Å²) in [5.74, 6) is -2.86. The lowest BCUT2D eigenvalue weighted by Crippen LogP contribution is -2.60. The molecule has 12 heteroatoms. The van der Waals surface area contributed by atoms with E-state index in [-0.39, 0.29) is 24.7 Å². The van der Waals surface area contributed by atoms with E-state index in [9.17, 15) is 24.3 Å². The Kier molecular flexibility index (Phi) is 8.64. The lowest BCUT2D eigenvalue weighted by Gasteiger charge is -2.39. The zero-order valence-corrected chi connectivity index (χ0v) is 19.5. The first-order valence-corrected chi connectivity index (χ1v) is 11.2. The van der Waals surface area contributed by atoms with Crippen LogP contribution in [0, 0.1) is 5.92 Å². The van der Waals surface area contributed by atoms with Gasteiger partial charge in [0.2, 0.25) is 11.8 Å². The molecule has 0 bridgehead atoms. The standard InChI is InChI=1S/C21H36N6O6/c1-21(2,3)33-19(32)15-9-11(10-16(28)29)14-7-6-13(18(31)27(14)15)26-17(30)12(22)5-4-8-25-20(23)24/h11-15H,4-10,22H2,1-3H3,(H,26,30)(H,28,29)(H4,23,24,25)/t11-,12+,13-,14-,15+/m1/s1. The third-order valence-corrected chi connectivity index (χ3v) is 5.80. The summed E-state index contributed by atoms with van der Waals surface area (Å²) >= 11 is 0. The number of ether oxygens (including phenoxy) is 1. The van der Waals surface area contributed by atoms with Crippen LogP contribution in [0.5, 0.6) is 0 Å². The van der Waals surface area contributed by atoms with E-state index in [4.69, 9.17) is 21.9 Å². The Labute approximate surface area is 193 Å². The Morgan fingerprint density at radius 3 is 2.52 bits per heavy atom. The third-order valence-electron chi connectivity index (χ3n) is 5.80. The number of nitrogens with zero attached hydrogens (tertiary/aromatic N) is 2. The molecule has 186 valence electrons. The molecular formula is C21H36N6O6. The SMILES string of the molecule is CC(C)(C)OC(=O)[C@@H]1C[C@H](CC(=O)O)[C@H]2CC[C@@H](NC(=O)[C@@H](N)CCCN=C(N)N)C(=O)N21. The van der Waals surface area contributed by atoms with Crippen molar-refractivity contribution in [3.63, 3.8) is 0 Å². The molecule has 8 N–H and O–H groups in total. The third kappa shape index (κ3) is 7.31. The van der Waals surface area contributed by atoms with Crippen LogP contribution in [-0.4, -0.2) is 76.0 Å². The Bertz CT molecular complexity index is 791. The molecule has 0 spiro atoms. The molecule has 12 nitrogen and oxygen atoms in total. The fourth-order valence-electron chi connectivity index (χ4n) is 4.43. The Morgan fingerprint density at radius 1 is 1.27 bits per heavy atom. The van der Waals surface area contributed by atoms with Crippen LogP contribution in [0.1, 0.15) is 59.3 Å². The Balaban J connectivity index is 2.08. The molecule has 0 saturated carbocycles. The van der Waals surface area contributed by atoms with Crippen LogP contribution in [0.3, 0.4) is 0 Å². The molecule has 2 aliphatic heterocycles. The Morgan fingerprint density at radius 2 is 1.94 bits per heavy atom. The molecule has 0 radical (unpaired) electrons. The summed E-state index contributed by atoms with van der Waals surface area (Å²) in [4.78, 5) is 55.2. The van der Waals surface area contributed by atoms with E-state index in [0.717, 1.165) is 0 Å². The van der Waals surface area contributed by atoms with Gasteiger partial charge in [0, 0.05) is 12.6 Å². The second-order valence-electron chi connectivity index (χ2n) is 9.65. The highest BCUT2D eigenvalue weighted by molar-refractivity contribution is 5.93. The quantitative estimate of drug-likeness (QED) is 0.122.